The Morgan fingerprint density at radius 1 is 1.33 bits per heavy atom. The van der Waals surface area contributed by atoms with Crippen LogP contribution in [0.1, 0.15) is 38.2 Å². The summed E-state index contributed by atoms with van der Waals surface area (Å²) in [5, 5.41) is 6.58. The maximum absolute atomic E-state index is 13.1. The van der Waals surface area contributed by atoms with Gasteiger partial charge in [-0.05, 0) is 44.0 Å². The third-order valence-electron chi connectivity index (χ3n) is 4.83. The molecule has 1 aliphatic heterocycles. The first-order valence-corrected chi connectivity index (χ1v) is 8.98. The first kappa shape index (κ1) is 19.3. The minimum atomic E-state index is -4.50. The van der Waals surface area contributed by atoms with E-state index >= 15 is 0 Å². The third-order valence-corrected chi connectivity index (χ3v) is 4.83. The van der Waals surface area contributed by atoms with Crippen molar-refractivity contribution in [1.82, 2.24) is 19.7 Å². The normalized spacial score (nSPS) is 18.4. The van der Waals surface area contributed by atoms with Gasteiger partial charge < -0.3 is 5.32 Å². The quantitative estimate of drug-likeness (QED) is 0.861. The molecule has 2 aromatic rings. The summed E-state index contributed by atoms with van der Waals surface area (Å²) in [6.45, 7) is 3.06. The Morgan fingerprint density at radius 2 is 2.15 bits per heavy atom. The Hall–Kier alpha value is -2.42. The minimum Gasteiger partial charge on any atom is -0.323 e. The lowest BCUT2D eigenvalue weighted by Gasteiger charge is -2.34. The summed E-state index contributed by atoms with van der Waals surface area (Å²) < 4.78 is 40.6. The van der Waals surface area contributed by atoms with Crippen molar-refractivity contribution in [3.63, 3.8) is 0 Å². The molecular weight excluding hydrogens is 359 g/mol. The number of nitrogens with one attached hydrogen (secondary N) is 1. The molecule has 3 rings (SSSR count). The molecule has 1 unspecified atom stereocenters. The fourth-order valence-corrected chi connectivity index (χ4v) is 3.45. The van der Waals surface area contributed by atoms with Gasteiger partial charge in [-0.3, -0.25) is 9.69 Å². The van der Waals surface area contributed by atoms with Crippen molar-refractivity contribution in [3.05, 3.63) is 36.4 Å². The predicted molar refractivity (Wildman–Crippen MR) is 94.5 cm³/mol. The highest BCUT2D eigenvalue weighted by Crippen LogP contribution is 2.33. The van der Waals surface area contributed by atoms with Crippen LogP contribution in [-0.4, -0.2) is 44.7 Å². The zero-order valence-electron chi connectivity index (χ0n) is 15.0. The van der Waals surface area contributed by atoms with Gasteiger partial charge in [0.2, 0.25) is 5.91 Å². The largest absolute Gasteiger partial charge is 0.416 e. The van der Waals surface area contributed by atoms with Crippen LogP contribution in [0.2, 0.25) is 0 Å². The standard InChI is InChI=1S/C18H22F3N5O/c1-2-14-5-3-4-8-25(14)10-17(27)24-15-9-13(18(19,20)21)6-7-16(15)26-12-22-11-23-26/h6-7,9,11-12,14H,2-5,8,10H2,1H3,(H,24,27). The van der Waals surface area contributed by atoms with Gasteiger partial charge in [0, 0.05) is 6.04 Å². The Labute approximate surface area is 155 Å². The topological polar surface area (TPSA) is 63.1 Å². The molecule has 1 saturated heterocycles. The van der Waals surface area contributed by atoms with E-state index in [1.807, 2.05) is 0 Å². The summed E-state index contributed by atoms with van der Waals surface area (Å²) in [4.78, 5) is 18.5. The van der Waals surface area contributed by atoms with Crippen LogP contribution in [0, 0.1) is 0 Å². The number of alkyl halides is 3. The molecule has 1 amide bonds. The average molecular weight is 381 g/mol. The van der Waals surface area contributed by atoms with E-state index in [4.69, 9.17) is 0 Å². The number of halogens is 3. The molecule has 0 saturated carbocycles. The fourth-order valence-electron chi connectivity index (χ4n) is 3.45. The lowest BCUT2D eigenvalue weighted by Crippen LogP contribution is -2.43. The number of piperidine rings is 1. The van der Waals surface area contributed by atoms with Gasteiger partial charge in [0.1, 0.15) is 12.7 Å². The van der Waals surface area contributed by atoms with Crippen molar-refractivity contribution >= 4 is 11.6 Å². The van der Waals surface area contributed by atoms with E-state index in [9.17, 15) is 18.0 Å². The van der Waals surface area contributed by atoms with E-state index in [1.165, 1.54) is 23.4 Å². The summed E-state index contributed by atoms with van der Waals surface area (Å²) in [7, 11) is 0. The van der Waals surface area contributed by atoms with Gasteiger partial charge >= 0.3 is 6.18 Å². The SMILES string of the molecule is CCC1CCCCN1CC(=O)Nc1cc(C(F)(F)F)ccc1-n1cncn1. The zero-order chi connectivity index (χ0) is 19.4. The number of amides is 1. The van der Waals surface area contributed by atoms with Gasteiger partial charge in [0.05, 0.1) is 23.5 Å². The number of rotatable bonds is 5. The number of carbonyl (C=O) groups excluding carboxylic acids is 1. The van der Waals surface area contributed by atoms with Crippen molar-refractivity contribution in [3.8, 4) is 5.69 Å². The molecule has 0 spiro atoms. The Bertz CT molecular complexity index is 776. The minimum absolute atomic E-state index is 0.0605. The number of nitrogens with zero attached hydrogens (tertiary/aromatic N) is 4. The molecular formula is C18H22F3N5O. The van der Waals surface area contributed by atoms with Crippen molar-refractivity contribution in [2.75, 3.05) is 18.4 Å². The average Bonchev–Trinajstić information content (AvgIpc) is 3.15. The number of carbonyl (C=O) groups is 1. The van der Waals surface area contributed by atoms with E-state index in [2.05, 4.69) is 27.2 Å². The molecule has 1 aliphatic rings. The van der Waals surface area contributed by atoms with Gasteiger partial charge in [-0.25, -0.2) is 9.67 Å². The summed E-state index contributed by atoms with van der Waals surface area (Å²) in [6, 6.07) is 3.51. The van der Waals surface area contributed by atoms with Crippen molar-refractivity contribution in [2.45, 2.75) is 44.8 Å². The fraction of sp³-hybridized carbons (Fsp3) is 0.500. The molecule has 146 valence electrons. The Morgan fingerprint density at radius 3 is 2.81 bits per heavy atom. The van der Waals surface area contributed by atoms with E-state index in [0.29, 0.717) is 11.7 Å². The maximum Gasteiger partial charge on any atom is 0.416 e. The van der Waals surface area contributed by atoms with Crippen molar-refractivity contribution in [2.24, 2.45) is 0 Å². The number of likely N-dealkylation sites (tertiary alicyclic amines) is 1. The van der Waals surface area contributed by atoms with E-state index in [0.717, 1.165) is 44.4 Å². The van der Waals surface area contributed by atoms with Crippen molar-refractivity contribution in [1.29, 1.82) is 0 Å². The van der Waals surface area contributed by atoms with Crippen LogP contribution >= 0.6 is 0 Å². The number of benzene rings is 1. The molecule has 0 radical (unpaired) electrons. The summed E-state index contributed by atoms with van der Waals surface area (Å²) in [5.74, 6) is -0.337. The van der Waals surface area contributed by atoms with Crippen LogP contribution in [0.25, 0.3) is 5.69 Å². The highest BCUT2D eigenvalue weighted by atomic mass is 19.4. The molecule has 6 nitrogen and oxygen atoms in total. The molecule has 1 atom stereocenters. The van der Waals surface area contributed by atoms with Gasteiger partial charge in [-0.2, -0.15) is 18.3 Å². The highest BCUT2D eigenvalue weighted by Gasteiger charge is 2.31. The molecule has 1 fully saturated rings. The molecule has 1 aromatic heterocycles. The molecule has 0 aliphatic carbocycles. The second kappa shape index (κ2) is 8.08. The van der Waals surface area contributed by atoms with Gasteiger partial charge in [0.25, 0.3) is 0 Å². The third kappa shape index (κ3) is 4.65. The van der Waals surface area contributed by atoms with Crippen LogP contribution in [0.3, 0.4) is 0 Å². The number of hydrogen-bond acceptors (Lipinski definition) is 4. The zero-order valence-corrected chi connectivity index (χ0v) is 15.0. The van der Waals surface area contributed by atoms with E-state index in [-0.39, 0.29) is 18.1 Å². The molecule has 1 aromatic carbocycles. The second-order valence-electron chi connectivity index (χ2n) is 6.65. The lowest BCUT2D eigenvalue weighted by molar-refractivity contribution is -0.137. The van der Waals surface area contributed by atoms with Crippen LogP contribution in [0.4, 0.5) is 18.9 Å². The summed E-state index contributed by atoms with van der Waals surface area (Å²) in [5.41, 5.74) is -0.434. The summed E-state index contributed by atoms with van der Waals surface area (Å²) in [6.07, 6.45) is 2.30. The van der Waals surface area contributed by atoms with Crippen LogP contribution in [0.5, 0.6) is 0 Å². The molecule has 9 heteroatoms. The van der Waals surface area contributed by atoms with Crippen LogP contribution in [-0.2, 0) is 11.0 Å². The smallest absolute Gasteiger partial charge is 0.323 e. The number of anilines is 1. The number of aromatic nitrogens is 3. The second-order valence-corrected chi connectivity index (χ2v) is 6.65. The highest BCUT2D eigenvalue weighted by molar-refractivity contribution is 5.94. The summed E-state index contributed by atoms with van der Waals surface area (Å²) >= 11 is 0. The van der Waals surface area contributed by atoms with Crippen LogP contribution < -0.4 is 5.32 Å². The predicted octanol–water partition coefficient (Wildman–Crippen LogP) is 3.49. The maximum atomic E-state index is 13.1. The Balaban J connectivity index is 1.82. The van der Waals surface area contributed by atoms with Crippen LogP contribution in [0.15, 0.2) is 30.9 Å². The van der Waals surface area contributed by atoms with E-state index < -0.39 is 11.7 Å². The number of hydrogen-bond donors (Lipinski definition) is 1. The monoisotopic (exact) mass is 381 g/mol. The molecule has 0 bridgehead atoms. The van der Waals surface area contributed by atoms with Crippen molar-refractivity contribution < 1.29 is 18.0 Å². The Kier molecular flexibility index (Phi) is 5.79. The van der Waals surface area contributed by atoms with E-state index in [1.54, 1.807) is 0 Å². The molecule has 1 N–H and O–H groups in total. The lowest BCUT2D eigenvalue weighted by atomic mass is 10.00. The molecule has 27 heavy (non-hydrogen) atoms. The first-order valence-electron chi connectivity index (χ1n) is 8.98. The molecule has 2 heterocycles. The van der Waals surface area contributed by atoms with Gasteiger partial charge in [-0.15, -0.1) is 0 Å². The van der Waals surface area contributed by atoms with Gasteiger partial charge in [0.15, 0.2) is 0 Å². The first-order chi connectivity index (χ1) is 12.9. The van der Waals surface area contributed by atoms with Gasteiger partial charge in [-0.1, -0.05) is 13.3 Å².